The fraction of sp³-hybridized carbons (Fsp3) is 0.829. The van der Waals surface area contributed by atoms with E-state index in [1.807, 2.05) is 20.8 Å². The lowest BCUT2D eigenvalue weighted by Gasteiger charge is -2.49. The molecular weight excluding hydrogens is 707 g/mol. The van der Waals surface area contributed by atoms with Crippen LogP contribution in [-0.2, 0) is 29.0 Å². The summed E-state index contributed by atoms with van der Waals surface area (Å²) in [4.78, 5) is 71.4. The fourth-order valence-corrected chi connectivity index (χ4v) is 11.7. The molecule has 0 radical (unpaired) electrons. The Balaban J connectivity index is 1.43. The van der Waals surface area contributed by atoms with E-state index < -0.39 is 67.3 Å². The zero-order valence-electron chi connectivity index (χ0n) is 34.0. The standard InChI is InChI=1S/C41H67N5O7S/c1-10-21-42-35(49)32(47)29(22-27-17-18-27)43-34(48)31-30-28(39(30,7)8)23-46(31)36(50)33(40(9)19-12-11-13-20-40)44-37(51)45-41(24-54(52,53)38(4,5)6)25(2)15-14-16-26(41)3/h10,25-31,33H,1,11-24H2,2-9H3,(H,42,49)(H,43,48)(H2,44,45,51)/t25-,26+,28-,29?,30-,31-,33+,41?/m0/s1. The molecule has 5 amide bonds. The van der Waals surface area contributed by atoms with Crippen molar-refractivity contribution in [3.63, 3.8) is 0 Å². The summed E-state index contributed by atoms with van der Waals surface area (Å²) in [6.07, 6.45) is 10.4. The molecule has 304 valence electrons. The normalized spacial score (nSPS) is 31.3. The van der Waals surface area contributed by atoms with E-state index in [9.17, 15) is 27.6 Å². The van der Waals surface area contributed by atoms with Crippen LogP contribution in [0.1, 0.15) is 126 Å². The van der Waals surface area contributed by atoms with Gasteiger partial charge in [-0.3, -0.25) is 19.2 Å². The highest BCUT2D eigenvalue weighted by Gasteiger charge is 2.70. The van der Waals surface area contributed by atoms with Crippen molar-refractivity contribution < 1.29 is 32.4 Å². The Bertz CT molecular complexity index is 1580. The van der Waals surface area contributed by atoms with Gasteiger partial charge in [-0.25, -0.2) is 13.2 Å². The topological polar surface area (TPSA) is 171 Å². The molecule has 0 spiro atoms. The molecule has 13 heteroatoms. The molecular formula is C41H67N5O7S. The number of sulfone groups is 1. The maximum atomic E-state index is 15.0. The van der Waals surface area contributed by atoms with Gasteiger partial charge < -0.3 is 26.2 Å². The second-order valence-electron chi connectivity index (χ2n) is 19.4. The highest BCUT2D eigenvalue weighted by Crippen LogP contribution is 2.65. The Morgan fingerprint density at radius 2 is 1.52 bits per heavy atom. The Labute approximate surface area is 323 Å². The average Bonchev–Trinajstić information content (AvgIpc) is 3.94. The Morgan fingerprint density at radius 3 is 2.07 bits per heavy atom. The van der Waals surface area contributed by atoms with Gasteiger partial charge in [0.1, 0.15) is 12.1 Å². The second kappa shape index (κ2) is 15.5. The number of likely N-dealkylation sites (tertiary alicyclic amines) is 1. The number of fused-ring (bicyclic) bond motifs is 1. The van der Waals surface area contributed by atoms with E-state index in [4.69, 9.17) is 0 Å². The lowest BCUT2D eigenvalue weighted by molar-refractivity contribution is -0.146. The highest BCUT2D eigenvalue weighted by atomic mass is 32.2. The molecule has 0 bridgehead atoms. The lowest BCUT2D eigenvalue weighted by Crippen LogP contribution is -2.68. The van der Waals surface area contributed by atoms with Gasteiger partial charge in [0.25, 0.3) is 5.91 Å². The van der Waals surface area contributed by atoms with Crippen LogP contribution in [0.25, 0.3) is 0 Å². The molecule has 5 rings (SSSR count). The van der Waals surface area contributed by atoms with Crippen molar-refractivity contribution in [3.8, 4) is 0 Å². The van der Waals surface area contributed by atoms with Gasteiger partial charge in [0.05, 0.1) is 22.1 Å². The molecule has 2 unspecified atom stereocenters. The molecule has 0 aromatic heterocycles. The largest absolute Gasteiger partial charge is 0.346 e. The van der Waals surface area contributed by atoms with E-state index in [1.54, 1.807) is 25.7 Å². The molecule has 1 aliphatic heterocycles. The smallest absolute Gasteiger partial charge is 0.315 e. The first-order chi connectivity index (χ1) is 25.1. The van der Waals surface area contributed by atoms with Crippen molar-refractivity contribution in [1.29, 1.82) is 0 Å². The SMILES string of the molecule is C=CCNC(=O)C(=O)C(CC1CC1)NC(=O)[C@@H]1[C@@H]2[C@H](CN1C(=O)[C@@H](NC(=O)NC1(CS(=O)(=O)C(C)(C)C)[C@H](C)CCC[C@@H]1C)C1(C)CCCCC1)C2(C)C. The lowest BCUT2D eigenvalue weighted by atomic mass is 9.68. The summed E-state index contributed by atoms with van der Waals surface area (Å²) in [5.74, 6) is -2.55. The van der Waals surface area contributed by atoms with E-state index in [2.05, 4.69) is 41.7 Å². The summed E-state index contributed by atoms with van der Waals surface area (Å²) in [5.41, 5.74) is -1.83. The number of carbonyl (C=O) groups excluding carboxylic acids is 5. The minimum Gasteiger partial charge on any atom is -0.346 e. The van der Waals surface area contributed by atoms with Crippen molar-refractivity contribution in [1.82, 2.24) is 26.2 Å². The molecule has 4 aliphatic carbocycles. The third kappa shape index (κ3) is 8.41. The summed E-state index contributed by atoms with van der Waals surface area (Å²) < 4.78 is 26.5. The van der Waals surface area contributed by atoms with Crippen molar-refractivity contribution in [2.75, 3.05) is 18.8 Å². The number of hydrogen-bond donors (Lipinski definition) is 4. The number of carbonyl (C=O) groups is 5. The molecule has 54 heavy (non-hydrogen) atoms. The van der Waals surface area contributed by atoms with Crippen LogP contribution in [0.4, 0.5) is 4.79 Å². The van der Waals surface area contributed by atoms with E-state index >= 15 is 4.79 Å². The average molecular weight is 774 g/mol. The van der Waals surface area contributed by atoms with Crippen LogP contribution in [0.2, 0.25) is 0 Å². The summed E-state index contributed by atoms with van der Waals surface area (Å²) in [6, 6.07) is -3.42. The van der Waals surface area contributed by atoms with Crippen molar-refractivity contribution >= 4 is 39.4 Å². The summed E-state index contributed by atoms with van der Waals surface area (Å²) in [5, 5.41) is 11.7. The molecule has 4 saturated carbocycles. The van der Waals surface area contributed by atoms with Crippen LogP contribution < -0.4 is 21.3 Å². The number of Topliss-reactive ketones (excluding diaryl/α,β-unsaturated/α-hetero) is 1. The number of amides is 5. The predicted octanol–water partition coefficient (Wildman–Crippen LogP) is 4.67. The van der Waals surface area contributed by atoms with E-state index in [0.717, 1.165) is 51.4 Å². The molecule has 0 aromatic carbocycles. The van der Waals surface area contributed by atoms with Crippen molar-refractivity contribution in [3.05, 3.63) is 12.7 Å². The number of urea groups is 1. The van der Waals surface area contributed by atoms with E-state index in [1.165, 1.54) is 6.08 Å². The van der Waals surface area contributed by atoms with Gasteiger partial charge in [-0.2, -0.15) is 0 Å². The summed E-state index contributed by atoms with van der Waals surface area (Å²) >= 11 is 0. The first kappa shape index (κ1) is 42.2. The molecule has 4 N–H and O–H groups in total. The number of rotatable bonds is 14. The first-order valence-electron chi connectivity index (χ1n) is 20.4. The number of hydrogen-bond acceptors (Lipinski definition) is 7. The van der Waals surface area contributed by atoms with Crippen LogP contribution in [0.5, 0.6) is 0 Å². The molecule has 1 heterocycles. The molecule has 5 aliphatic rings. The maximum Gasteiger partial charge on any atom is 0.315 e. The maximum absolute atomic E-state index is 15.0. The molecule has 12 nitrogen and oxygen atoms in total. The van der Waals surface area contributed by atoms with Gasteiger partial charge in [-0.15, -0.1) is 6.58 Å². The minimum atomic E-state index is -3.63. The minimum absolute atomic E-state index is 0.0640. The van der Waals surface area contributed by atoms with Crippen LogP contribution in [0.3, 0.4) is 0 Å². The van der Waals surface area contributed by atoms with Gasteiger partial charge >= 0.3 is 6.03 Å². The second-order valence-corrected chi connectivity index (χ2v) is 22.1. The number of piperidine rings is 1. The third-order valence-corrected chi connectivity index (χ3v) is 17.0. The zero-order chi connectivity index (χ0) is 40.0. The monoisotopic (exact) mass is 773 g/mol. The predicted molar refractivity (Wildman–Crippen MR) is 209 cm³/mol. The Kier molecular flexibility index (Phi) is 12.1. The van der Waals surface area contributed by atoms with Crippen LogP contribution >= 0.6 is 0 Å². The van der Waals surface area contributed by atoms with Gasteiger partial charge in [0, 0.05) is 13.1 Å². The third-order valence-electron chi connectivity index (χ3n) is 14.2. The van der Waals surface area contributed by atoms with Crippen LogP contribution in [0, 0.1) is 40.4 Å². The fourth-order valence-electron chi connectivity index (χ4n) is 9.95. The Morgan fingerprint density at radius 1 is 0.907 bits per heavy atom. The van der Waals surface area contributed by atoms with Gasteiger partial charge in [-0.1, -0.05) is 79.2 Å². The van der Waals surface area contributed by atoms with Crippen molar-refractivity contribution in [2.45, 2.75) is 154 Å². The molecule has 1 saturated heterocycles. The summed E-state index contributed by atoms with van der Waals surface area (Å²) in [7, 11) is -3.63. The molecule has 5 fully saturated rings. The zero-order valence-corrected chi connectivity index (χ0v) is 34.8. The highest BCUT2D eigenvalue weighted by molar-refractivity contribution is 7.92. The molecule has 0 aromatic rings. The quantitative estimate of drug-likeness (QED) is 0.147. The number of nitrogens with zero attached hydrogens (tertiary/aromatic N) is 1. The Hall–Kier alpha value is -2.96. The van der Waals surface area contributed by atoms with Gasteiger partial charge in [-0.05, 0) is 93.3 Å². The van der Waals surface area contributed by atoms with Crippen LogP contribution in [-0.4, -0.2) is 90.1 Å². The van der Waals surface area contributed by atoms with Gasteiger partial charge in [0.2, 0.25) is 17.6 Å². The first-order valence-corrected chi connectivity index (χ1v) is 22.1. The summed E-state index contributed by atoms with van der Waals surface area (Å²) in [6.45, 7) is 19.3. The van der Waals surface area contributed by atoms with Crippen LogP contribution in [0.15, 0.2) is 12.7 Å². The number of ketones is 1. The molecule has 8 atom stereocenters. The van der Waals surface area contributed by atoms with E-state index in [0.29, 0.717) is 25.8 Å². The van der Waals surface area contributed by atoms with Crippen molar-refractivity contribution in [2.24, 2.45) is 40.4 Å². The number of nitrogens with one attached hydrogen (secondary N) is 4. The van der Waals surface area contributed by atoms with E-state index in [-0.39, 0.29) is 53.2 Å². The van der Waals surface area contributed by atoms with Gasteiger partial charge in [0.15, 0.2) is 9.84 Å².